The number of aliphatic hydroxyl groups excluding tert-OH is 1. The minimum absolute atomic E-state index is 0.103. The number of pyridine rings is 1. The van der Waals surface area contributed by atoms with Crippen molar-refractivity contribution in [3.63, 3.8) is 0 Å². The number of aliphatic hydroxyl groups is 1. The van der Waals surface area contributed by atoms with Crippen LogP contribution in [0, 0.1) is 6.92 Å². The van der Waals surface area contributed by atoms with Crippen molar-refractivity contribution in [1.82, 2.24) is 24.4 Å². The number of hydrogen-bond acceptors (Lipinski definition) is 7. The van der Waals surface area contributed by atoms with E-state index in [4.69, 9.17) is 0 Å². The summed E-state index contributed by atoms with van der Waals surface area (Å²) in [5.41, 5.74) is 1.88. The molecule has 3 aromatic heterocycles. The molecule has 0 bridgehead atoms. The first-order chi connectivity index (χ1) is 13.6. The van der Waals surface area contributed by atoms with Crippen molar-refractivity contribution < 1.29 is 10.2 Å². The second-order valence-corrected chi connectivity index (χ2v) is 6.06. The van der Waals surface area contributed by atoms with Crippen LogP contribution in [0.25, 0.3) is 16.7 Å². The smallest absolute Gasteiger partial charge is 0.285 e. The van der Waals surface area contributed by atoms with E-state index in [1.165, 1.54) is 24.9 Å². The highest BCUT2D eigenvalue weighted by Crippen LogP contribution is 2.22. The van der Waals surface area contributed by atoms with Crippen molar-refractivity contribution in [3.05, 3.63) is 76.2 Å². The van der Waals surface area contributed by atoms with E-state index in [0.29, 0.717) is 27.9 Å². The Morgan fingerprint density at radius 3 is 2.71 bits per heavy atom. The molecule has 4 rings (SSSR count). The third kappa shape index (κ3) is 2.93. The molecule has 4 aromatic rings. The van der Waals surface area contributed by atoms with E-state index < -0.39 is 5.56 Å². The molecule has 3 heterocycles. The number of aromatic nitrogens is 5. The lowest BCUT2D eigenvalue weighted by atomic mass is 10.1. The normalized spacial score (nSPS) is 11.5. The molecule has 0 saturated carbocycles. The lowest BCUT2D eigenvalue weighted by Gasteiger charge is -2.07. The van der Waals surface area contributed by atoms with Gasteiger partial charge in [-0.15, -0.1) is 0 Å². The van der Waals surface area contributed by atoms with Gasteiger partial charge < -0.3 is 10.2 Å². The molecule has 140 valence electrons. The van der Waals surface area contributed by atoms with Crippen LogP contribution in [0.5, 0.6) is 5.75 Å². The fraction of sp³-hybridized carbons (Fsp3) is 0.105. The number of aryl methyl sites for hydroxylation is 1. The van der Waals surface area contributed by atoms with Crippen LogP contribution in [0.1, 0.15) is 16.8 Å². The second-order valence-electron chi connectivity index (χ2n) is 6.06. The summed E-state index contributed by atoms with van der Waals surface area (Å²) >= 11 is 0. The predicted molar refractivity (Wildman–Crippen MR) is 103 cm³/mol. The molecule has 9 heteroatoms. The summed E-state index contributed by atoms with van der Waals surface area (Å²) in [4.78, 5) is 21.0. The van der Waals surface area contributed by atoms with E-state index >= 15 is 0 Å². The zero-order valence-corrected chi connectivity index (χ0v) is 14.9. The summed E-state index contributed by atoms with van der Waals surface area (Å²) in [6.07, 6.45) is 5.47. The Kier molecular flexibility index (Phi) is 4.42. The SMILES string of the molecule is Cc1ncc(CO)c(/C=N/n2cnc3c(cnn3-c3ccccc3)c2=O)c1O. The predicted octanol–water partition coefficient (Wildman–Crippen LogP) is 1.37. The van der Waals surface area contributed by atoms with Crippen molar-refractivity contribution in [2.45, 2.75) is 13.5 Å². The highest BCUT2D eigenvalue weighted by atomic mass is 16.3. The number of para-hydroxylation sites is 1. The molecule has 9 nitrogen and oxygen atoms in total. The molecule has 0 saturated heterocycles. The van der Waals surface area contributed by atoms with Crippen LogP contribution in [0.2, 0.25) is 0 Å². The maximum absolute atomic E-state index is 12.7. The number of rotatable bonds is 4. The van der Waals surface area contributed by atoms with Crippen LogP contribution in [0.15, 0.2) is 58.9 Å². The average molecular weight is 376 g/mol. The molecule has 0 aliphatic rings. The Hall–Kier alpha value is -3.85. The van der Waals surface area contributed by atoms with Crippen LogP contribution < -0.4 is 5.56 Å². The summed E-state index contributed by atoms with van der Waals surface area (Å²) in [6, 6.07) is 9.36. The van der Waals surface area contributed by atoms with E-state index in [2.05, 4.69) is 20.2 Å². The molecule has 0 aliphatic carbocycles. The molecule has 0 radical (unpaired) electrons. The van der Waals surface area contributed by atoms with E-state index in [0.717, 1.165) is 10.4 Å². The zero-order chi connectivity index (χ0) is 19.7. The molecule has 0 unspecified atom stereocenters. The largest absolute Gasteiger partial charge is 0.505 e. The molecular formula is C19H16N6O3. The van der Waals surface area contributed by atoms with Gasteiger partial charge in [0.15, 0.2) is 5.65 Å². The van der Waals surface area contributed by atoms with Gasteiger partial charge in [-0.3, -0.25) is 9.78 Å². The van der Waals surface area contributed by atoms with Gasteiger partial charge in [0.1, 0.15) is 17.5 Å². The van der Waals surface area contributed by atoms with Gasteiger partial charge in [-0.05, 0) is 19.1 Å². The van der Waals surface area contributed by atoms with Crippen molar-refractivity contribution in [2.75, 3.05) is 0 Å². The van der Waals surface area contributed by atoms with Gasteiger partial charge in [-0.25, -0.2) is 9.67 Å². The summed E-state index contributed by atoms with van der Waals surface area (Å²) in [6.45, 7) is 1.31. The minimum Gasteiger partial charge on any atom is -0.505 e. The Labute approximate surface area is 158 Å². The fourth-order valence-electron chi connectivity index (χ4n) is 2.79. The van der Waals surface area contributed by atoms with Gasteiger partial charge in [0.2, 0.25) is 0 Å². The first kappa shape index (κ1) is 17.6. The fourth-order valence-corrected chi connectivity index (χ4v) is 2.79. The Morgan fingerprint density at radius 1 is 1.18 bits per heavy atom. The van der Waals surface area contributed by atoms with Crippen LogP contribution >= 0.6 is 0 Å². The van der Waals surface area contributed by atoms with Crippen molar-refractivity contribution in [1.29, 1.82) is 0 Å². The lowest BCUT2D eigenvalue weighted by molar-refractivity contribution is 0.280. The minimum atomic E-state index is -0.403. The van der Waals surface area contributed by atoms with E-state index in [1.54, 1.807) is 11.6 Å². The molecule has 0 aliphatic heterocycles. The van der Waals surface area contributed by atoms with E-state index in [-0.39, 0.29) is 12.4 Å². The number of benzene rings is 1. The molecule has 28 heavy (non-hydrogen) atoms. The quantitative estimate of drug-likeness (QED) is 0.519. The van der Waals surface area contributed by atoms with Gasteiger partial charge in [0.25, 0.3) is 5.56 Å². The highest BCUT2D eigenvalue weighted by Gasteiger charge is 2.12. The third-order valence-corrected chi connectivity index (χ3v) is 4.31. The lowest BCUT2D eigenvalue weighted by Crippen LogP contribution is -2.17. The number of aromatic hydroxyl groups is 1. The van der Waals surface area contributed by atoms with Crippen LogP contribution in [0.3, 0.4) is 0 Å². The molecule has 0 fully saturated rings. The summed E-state index contributed by atoms with van der Waals surface area (Å²) in [7, 11) is 0. The molecule has 2 N–H and O–H groups in total. The Balaban J connectivity index is 1.78. The standard InChI is InChI=1S/C19H16N6O3/c1-12-17(27)15(13(10-26)7-20-12)8-22-24-11-21-18-16(19(24)28)9-23-25(18)14-5-3-2-4-6-14/h2-9,11,26-27H,10H2,1H3/b22-8+. The van der Waals surface area contributed by atoms with Crippen LogP contribution in [-0.4, -0.2) is 40.9 Å². The second kappa shape index (κ2) is 7.05. The summed E-state index contributed by atoms with van der Waals surface area (Å²) < 4.78 is 2.63. The van der Waals surface area contributed by atoms with E-state index in [9.17, 15) is 15.0 Å². The molecule has 0 amide bonds. The number of nitrogens with zero attached hydrogens (tertiary/aromatic N) is 6. The topological polar surface area (TPSA) is 118 Å². The van der Waals surface area contributed by atoms with Crippen LogP contribution in [-0.2, 0) is 6.61 Å². The van der Waals surface area contributed by atoms with Gasteiger partial charge in [0, 0.05) is 17.3 Å². The monoisotopic (exact) mass is 376 g/mol. The maximum Gasteiger partial charge on any atom is 0.285 e. The van der Waals surface area contributed by atoms with Crippen molar-refractivity contribution in [3.8, 4) is 11.4 Å². The molecule has 1 aromatic carbocycles. The summed E-state index contributed by atoms with van der Waals surface area (Å²) in [5.74, 6) is -0.103. The first-order valence-corrected chi connectivity index (χ1v) is 8.43. The van der Waals surface area contributed by atoms with Crippen LogP contribution in [0.4, 0.5) is 0 Å². The van der Waals surface area contributed by atoms with Gasteiger partial charge >= 0.3 is 0 Å². The maximum atomic E-state index is 12.7. The highest BCUT2D eigenvalue weighted by molar-refractivity contribution is 5.85. The van der Waals surface area contributed by atoms with E-state index in [1.807, 2.05) is 30.3 Å². The van der Waals surface area contributed by atoms with Crippen molar-refractivity contribution in [2.24, 2.45) is 5.10 Å². The number of hydrogen-bond donors (Lipinski definition) is 2. The van der Waals surface area contributed by atoms with Gasteiger partial charge in [-0.1, -0.05) is 18.2 Å². The third-order valence-electron chi connectivity index (χ3n) is 4.31. The Bertz CT molecular complexity index is 1240. The molecule has 0 atom stereocenters. The molecule has 0 spiro atoms. The Morgan fingerprint density at radius 2 is 1.96 bits per heavy atom. The average Bonchev–Trinajstić information content (AvgIpc) is 3.16. The van der Waals surface area contributed by atoms with Crippen molar-refractivity contribution >= 4 is 17.2 Å². The first-order valence-electron chi connectivity index (χ1n) is 8.43. The summed E-state index contributed by atoms with van der Waals surface area (Å²) in [5, 5.41) is 28.3. The zero-order valence-electron chi connectivity index (χ0n) is 14.9. The van der Waals surface area contributed by atoms with Gasteiger partial charge in [-0.2, -0.15) is 14.9 Å². The van der Waals surface area contributed by atoms with Gasteiger partial charge in [0.05, 0.1) is 30.4 Å². The number of fused-ring (bicyclic) bond motifs is 1. The molecular weight excluding hydrogens is 360 g/mol.